The lowest BCUT2D eigenvalue weighted by Gasteiger charge is -2.21. The summed E-state index contributed by atoms with van der Waals surface area (Å²) < 4.78 is 112. The number of hydrogen-bond donors (Lipinski definition) is 4. The molecule has 0 aliphatic carbocycles. The molecule has 0 amide bonds. The second kappa shape index (κ2) is 45.7. The third-order valence-corrected chi connectivity index (χ3v) is 14.8. The van der Waals surface area contributed by atoms with Crippen LogP contribution >= 0.6 is 23.2 Å². The third-order valence-electron chi connectivity index (χ3n) is 14.2. The van der Waals surface area contributed by atoms with Crippen molar-refractivity contribution in [3.05, 3.63) is 258 Å². The molecule has 0 saturated carbocycles. The molecule has 0 radical (unpaired) electrons. The van der Waals surface area contributed by atoms with Crippen LogP contribution in [-0.4, -0.2) is 20.4 Å². The van der Waals surface area contributed by atoms with E-state index in [9.17, 15) is 54.8 Å². The largest absolute Gasteiger partial charge is 0.508 e. The Morgan fingerprint density at radius 3 is 0.930 bits per heavy atom. The molecule has 0 unspecified atom stereocenters. The topological polar surface area (TPSA) is 80.9 Å². The molecule has 8 rings (SSSR count). The van der Waals surface area contributed by atoms with Crippen molar-refractivity contribution in [3.8, 4) is 23.0 Å². The smallest absolute Gasteiger partial charge is 0.419 e. The fourth-order valence-electron chi connectivity index (χ4n) is 10.0. The van der Waals surface area contributed by atoms with E-state index in [1.165, 1.54) is 71.8 Å². The lowest BCUT2D eigenvalue weighted by molar-refractivity contribution is -0.138. The molecule has 0 fully saturated rings. The maximum absolute atomic E-state index is 12.7. The molecule has 8 aromatic rings. The van der Waals surface area contributed by atoms with Gasteiger partial charge in [0.25, 0.3) is 0 Å². The molecule has 0 bridgehead atoms. The molecule has 0 aliphatic heterocycles. The Bertz CT molecular complexity index is 3310. The lowest BCUT2D eigenvalue weighted by Crippen LogP contribution is -2.11. The molecule has 0 atom stereocenters. The fourth-order valence-corrected chi connectivity index (χ4v) is 10.4. The minimum absolute atomic E-state index is 0.0143. The van der Waals surface area contributed by atoms with E-state index in [4.69, 9.17) is 28.3 Å². The van der Waals surface area contributed by atoms with Gasteiger partial charge in [-0.1, -0.05) is 221 Å². The molecule has 15 heteroatoms. The van der Waals surface area contributed by atoms with Crippen molar-refractivity contribution in [1.29, 1.82) is 0 Å². The number of hydrogen-bond acceptors (Lipinski definition) is 4. The van der Waals surface area contributed by atoms with Crippen molar-refractivity contribution in [3.63, 3.8) is 0 Å². The Balaban J connectivity index is 0.000000573. The van der Waals surface area contributed by atoms with Crippen molar-refractivity contribution in [2.45, 2.75) is 195 Å². The first-order valence-electron chi connectivity index (χ1n) is 34.4. The Labute approximate surface area is 603 Å². The van der Waals surface area contributed by atoms with Crippen molar-refractivity contribution >= 4 is 23.2 Å². The van der Waals surface area contributed by atoms with Gasteiger partial charge in [-0.05, 0) is 245 Å². The van der Waals surface area contributed by atoms with Gasteiger partial charge >= 0.3 is 6.18 Å². The highest BCUT2D eigenvalue weighted by Crippen LogP contribution is 2.37. The second-order valence-electron chi connectivity index (χ2n) is 29.6. The maximum Gasteiger partial charge on any atom is 0.419 e. The van der Waals surface area contributed by atoms with Gasteiger partial charge in [0.2, 0.25) is 0 Å². The highest BCUT2D eigenvalue weighted by Gasteiger charge is 2.33. The van der Waals surface area contributed by atoms with Crippen LogP contribution in [0, 0.1) is 82.2 Å². The van der Waals surface area contributed by atoms with Gasteiger partial charge in [-0.15, -0.1) is 0 Å². The molecule has 100 heavy (non-hydrogen) atoms. The summed E-state index contributed by atoms with van der Waals surface area (Å²) in [5.74, 6) is 1.32. The summed E-state index contributed by atoms with van der Waals surface area (Å²) in [4.78, 5) is 0. The zero-order valence-electron chi connectivity index (χ0n) is 62.2. The lowest BCUT2D eigenvalue weighted by atomic mass is 9.85. The molecule has 0 aliphatic rings. The molecule has 0 heterocycles. The van der Waals surface area contributed by atoms with Gasteiger partial charge in [0, 0.05) is 0 Å². The zero-order chi connectivity index (χ0) is 76.4. The van der Waals surface area contributed by atoms with Crippen LogP contribution in [0.15, 0.2) is 158 Å². The predicted molar refractivity (Wildman–Crippen MR) is 400 cm³/mol. The average molecular weight is 1440 g/mol. The first-order chi connectivity index (χ1) is 46.3. The monoisotopic (exact) mass is 1440 g/mol. The number of rotatable bonds is 16. The Kier molecular flexibility index (Phi) is 41.6. The maximum atomic E-state index is 12.7. The van der Waals surface area contributed by atoms with E-state index < -0.39 is 34.9 Å². The van der Waals surface area contributed by atoms with Gasteiger partial charge in [-0.2, -0.15) is 13.2 Å². The van der Waals surface area contributed by atoms with Crippen LogP contribution in [0.25, 0.3) is 0 Å². The number of aromatic hydroxyl groups is 4. The van der Waals surface area contributed by atoms with Crippen molar-refractivity contribution in [2.24, 2.45) is 47.3 Å². The minimum atomic E-state index is -4.49. The van der Waals surface area contributed by atoms with E-state index in [1.54, 1.807) is 48.5 Å². The van der Waals surface area contributed by atoms with E-state index in [0.717, 1.165) is 90.0 Å². The van der Waals surface area contributed by atoms with E-state index in [2.05, 4.69) is 110 Å². The Morgan fingerprint density at radius 2 is 0.590 bits per heavy atom. The molecule has 0 spiro atoms. The van der Waals surface area contributed by atoms with Gasteiger partial charge in [0.05, 0.1) is 15.6 Å². The molecule has 0 aromatic heterocycles. The summed E-state index contributed by atoms with van der Waals surface area (Å²) >= 11 is 11.3. The third kappa shape index (κ3) is 40.4. The summed E-state index contributed by atoms with van der Waals surface area (Å²) in [7, 11) is 0. The quantitative estimate of drug-likeness (QED) is 0.0727. The number of benzene rings is 8. The summed E-state index contributed by atoms with van der Waals surface area (Å²) in [6.07, 6.45) is 2.76. The highest BCUT2D eigenvalue weighted by molar-refractivity contribution is 6.32. The van der Waals surface area contributed by atoms with E-state index in [1.807, 2.05) is 64.1 Å². The molecule has 8 aromatic carbocycles. The number of phenols is 4. The Hall–Kier alpha value is -7.09. The standard InChI is InChI=1S/C14H22O.C11H13F3O.C10H12ClF.C10H13ClO.C10H12F2.C10H13FO.2C10H13F/c1-10(2)8-11-6-7-12(13(15)9-11)14(3,4)5;1-7(2)5-8-3-4-9(10(15)6-8)11(12,13)14;1-7(2)5-8-3-4-10(12)9(11)6-8;3*1-7(2)5-8-3-4-9(11)10(12)6-8;1-8(2)7-9-3-5-10(11)6-4-9;1-8(2)6-9-4-3-5-10(11)7-9/h6-7,9-10,15H,8H2,1-5H3;3-4,6-7,15H,5H2,1-2H3;3-4,6-7H,5H2,1-2H3;3-4,6-7,12H,5H2,1-2H3;3-4,6-7H,5H2,1-2H3;3-4,6-7,12H,5H2,1-2H3;3-6,8H,7H2,1-2H3;3-5,7-8H,6H2,1-2H3. The average Bonchev–Trinajstić information content (AvgIpc) is 0.834. The molecular weight excluding hydrogens is 1330 g/mol. The summed E-state index contributed by atoms with van der Waals surface area (Å²) in [6, 6.07) is 41.9. The van der Waals surface area contributed by atoms with Gasteiger partial charge < -0.3 is 20.4 Å². The summed E-state index contributed by atoms with van der Waals surface area (Å²) in [5, 5.41) is 38.1. The zero-order valence-corrected chi connectivity index (χ0v) is 63.7. The fraction of sp³-hybridized carbons (Fsp3) is 0.435. The van der Waals surface area contributed by atoms with E-state index in [0.29, 0.717) is 64.5 Å². The number of phenolic OH excluding ortho intramolecular Hbond substituents is 4. The molecule has 4 nitrogen and oxygen atoms in total. The van der Waals surface area contributed by atoms with Crippen LogP contribution in [0.2, 0.25) is 10.0 Å². The van der Waals surface area contributed by atoms with Crippen LogP contribution in [0.4, 0.5) is 39.5 Å². The molecular formula is C85H111Cl2F9O4. The van der Waals surface area contributed by atoms with Crippen LogP contribution in [0.5, 0.6) is 23.0 Å². The summed E-state index contributed by atoms with van der Waals surface area (Å²) in [6.45, 7) is 40.0. The predicted octanol–water partition coefficient (Wildman–Crippen LogP) is 26.4. The van der Waals surface area contributed by atoms with E-state index >= 15 is 0 Å². The first-order valence-corrected chi connectivity index (χ1v) is 35.1. The number of alkyl halides is 3. The normalized spacial score (nSPS) is 11.1. The molecule has 552 valence electrons. The second-order valence-corrected chi connectivity index (χ2v) is 30.4. The van der Waals surface area contributed by atoms with Crippen LogP contribution < -0.4 is 0 Å². The molecule has 4 N–H and O–H groups in total. The minimum Gasteiger partial charge on any atom is -0.508 e. The van der Waals surface area contributed by atoms with E-state index in [-0.39, 0.29) is 39.4 Å². The first kappa shape index (κ1) is 90.9. The van der Waals surface area contributed by atoms with Crippen molar-refractivity contribution in [1.82, 2.24) is 0 Å². The highest BCUT2D eigenvalue weighted by atomic mass is 35.5. The van der Waals surface area contributed by atoms with Gasteiger partial charge in [0.15, 0.2) is 23.2 Å². The van der Waals surface area contributed by atoms with Gasteiger partial charge in [-0.25, -0.2) is 26.3 Å². The van der Waals surface area contributed by atoms with Gasteiger partial charge in [0.1, 0.15) is 34.7 Å². The SMILES string of the molecule is CC(C)Cc1ccc(C(C)(C)C)c(O)c1.CC(C)Cc1ccc(C(F)(F)F)c(O)c1.CC(C)Cc1ccc(Cl)c(O)c1.CC(C)Cc1ccc(F)c(Cl)c1.CC(C)Cc1ccc(F)c(F)c1.CC(C)Cc1ccc(F)c(O)c1.CC(C)Cc1ccc(F)cc1.CC(C)Cc1cccc(F)c1. The van der Waals surface area contributed by atoms with Crippen LogP contribution in [0.1, 0.15) is 187 Å². The van der Waals surface area contributed by atoms with Crippen molar-refractivity contribution < 1.29 is 59.9 Å². The Morgan fingerprint density at radius 1 is 0.280 bits per heavy atom. The van der Waals surface area contributed by atoms with Gasteiger partial charge in [-0.3, -0.25) is 0 Å². The summed E-state index contributed by atoms with van der Waals surface area (Å²) in [5.41, 5.74) is 8.34. The van der Waals surface area contributed by atoms with Crippen LogP contribution in [-0.2, 0) is 63.0 Å². The molecule has 0 saturated heterocycles. The van der Waals surface area contributed by atoms with Crippen molar-refractivity contribution in [2.75, 3.05) is 0 Å². The number of halogens is 11. The van der Waals surface area contributed by atoms with Crippen LogP contribution in [0.3, 0.4) is 0 Å².